The van der Waals surface area contributed by atoms with E-state index >= 15 is 0 Å². The molecule has 98 valence electrons. The minimum Gasteiger partial charge on any atom is -0.465 e. The van der Waals surface area contributed by atoms with Gasteiger partial charge in [0, 0.05) is 19.6 Å². The van der Waals surface area contributed by atoms with Crippen molar-refractivity contribution in [3.05, 3.63) is 0 Å². The number of nitrogens with two attached hydrogens (primary N) is 1. The van der Waals surface area contributed by atoms with Crippen LogP contribution in [0.25, 0.3) is 0 Å². The van der Waals surface area contributed by atoms with E-state index in [1.807, 2.05) is 0 Å². The summed E-state index contributed by atoms with van der Waals surface area (Å²) in [7, 11) is 1.55. The van der Waals surface area contributed by atoms with E-state index in [1.54, 1.807) is 7.05 Å². The first-order valence-corrected chi connectivity index (χ1v) is 6.34. The Labute approximate surface area is 102 Å². The predicted molar refractivity (Wildman–Crippen MR) is 63.9 cm³/mol. The average Bonchev–Trinajstić information content (AvgIpc) is 3.02. The summed E-state index contributed by atoms with van der Waals surface area (Å²) >= 11 is 0. The molecule has 5 nitrogen and oxygen atoms in total. The van der Waals surface area contributed by atoms with Crippen molar-refractivity contribution in [1.29, 1.82) is 0 Å². The standard InChI is InChI=1S/C12H22N2O3/c1-14(11(15)16)7-10(13)6-9-2-3-12(4-5-12)17-8-9/h9-10H,2-8,13H2,1H3,(H,15,16)/t9-,10+/m1/s1. The molecular weight excluding hydrogens is 220 g/mol. The van der Waals surface area contributed by atoms with Crippen LogP contribution < -0.4 is 5.73 Å². The minimum atomic E-state index is -0.919. The zero-order valence-corrected chi connectivity index (χ0v) is 10.4. The Balaban J connectivity index is 1.68. The molecule has 17 heavy (non-hydrogen) atoms. The topological polar surface area (TPSA) is 75.8 Å². The van der Waals surface area contributed by atoms with Crippen LogP contribution in [0.15, 0.2) is 0 Å². The van der Waals surface area contributed by atoms with Crippen molar-refractivity contribution in [1.82, 2.24) is 4.90 Å². The number of likely N-dealkylation sites (N-methyl/N-ethyl adjacent to an activating group) is 1. The van der Waals surface area contributed by atoms with Crippen LogP contribution in [0.4, 0.5) is 4.79 Å². The van der Waals surface area contributed by atoms with E-state index < -0.39 is 6.09 Å². The summed E-state index contributed by atoms with van der Waals surface area (Å²) in [6.07, 6.45) is 4.69. The molecule has 2 aliphatic rings. The van der Waals surface area contributed by atoms with Crippen LogP contribution in [0.3, 0.4) is 0 Å². The van der Waals surface area contributed by atoms with Crippen molar-refractivity contribution in [3.63, 3.8) is 0 Å². The molecule has 1 saturated carbocycles. The fraction of sp³-hybridized carbons (Fsp3) is 0.917. The van der Waals surface area contributed by atoms with Crippen LogP contribution in [-0.4, -0.2) is 47.9 Å². The molecule has 1 spiro atoms. The number of amides is 1. The number of rotatable bonds is 4. The van der Waals surface area contributed by atoms with Crippen LogP contribution in [0.2, 0.25) is 0 Å². The lowest BCUT2D eigenvalue weighted by Gasteiger charge is -2.31. The van der Waals surface area contributed by atoms with Crippen LogP contribution in [0, 0.1) is 5.92 Å². The van der Waals surface area contributed by atoms with E-state index in [9.17, 15) is 4.79 Å². The van der Waals surface area contributed by atoms with Gasteiger partial charge < -0.3 is 20.5 Å². The average molecular weight is 242 g/mol. The van der Waals surface area contributed by atoms with Gasteiger partial charge in [-0.1, -0.05) is 0 Å². The maximum Gasteiger partial charge on any atom is 0.407 e. The van der Waals surface area contributed by atoms with Crippen LogP contribution >= 0.6 is 0 Å². The van der Waals surface area contributed by atoms with Gasteiger partial charge in [-0.3, -0.25) is 0 Å². The zero-order valence-electron chi connectivity index (χ0n) is 10.4. The first-order chi connectivity index (χ1) is 8.01. The molecule has 0 bridgehead atoms. The quantitative estimate of drug-likeness (QED) is 0.778. The lowest BCUT2D eigenvalue weighted by atomic mass is 9.91. The molecule has 2 rings (SSSR count). The van der Waals surface area contributed by atoms with Crippen LogP contribution in [-0.2, 0) is 4.74 Å². The molecule has 0 radical (unpaired) electrons. The summed E-state index contributed by atoms with van der Waals surface area (Å²) in [5, 5.41) is 8.76. The van der Waals surface area contributed by atoms with Crippen molar-refractivity contribution in [2.75, 3.05) is 20.2 Å². The second kappa shape index (κ2) is 4.82. The molecule has 0 aromatic rings. The van der Waals surface area contributed by atoms with E-state index in [2.05, 4.69) is 0 Å². The second-order valence-corrected chi connectivity index (χ2v) is 5.56. The van der Waals surface area contributed by atoms with E-state index in [4.69, 9.17) is 15.6 Å². The highest BCUT2D eigenvalue weighted by molar-refractivity contribution is 5.64. The summed E-state index contributed by atoms with van der Waals surface area (Å²) < 4.78 is 5.86. The van der Waals surface area contributed by atoms with Crippen molar-refractivity contribution < 1.29 is 14.6 Å². The Hall–Kier alpha value is -0.810. The molecular formula is C12H22N2O3. The molecule has 0 aromatic carbocycles. The Morgan fingerprint density at radius 3 is 2.76 bits per heavy atom. The first-order valence-electron chi connectivity index (χ1n) is 6.34. The van der Waals surface area contributed by atoms with Gasteiger partial charge >= 0.3 is 6.09 Å². The molecule has 3 N–H and O–H groups in total. The number of carbonyl (C=O) groups is 1. The second-order valence-electron chi connectivity index (χ2n) is 5.56. The van der Waals surface area contributed by atoms with Crippen LogP contribution in [0.1, 0.15) is 32.1 Å². The molecule has 1 amide bonds. The minimum absolute atomic E-state index is 0.0852. The lowest BCUT2D eigenvalue weighted by Crippen LogP contribution is -2.40. The fourth-order valence-corrected chi connectivity index (χ4v) is 2.57. The zero-order chi connectivity index (χ0) is 12.5. The Kier molecular flexibility index (Phi) is 3.58. The predicted octanol–water partition coefficient (Wildman–Crippen LogP) is 1.27. The maximum absolute atomic E-state index is 10.7. The van der Waals surface area contributed by atoms with Gasteiger partial charge in [-0.25, -0.2) is 4.79 Å². The summed E-state index contributed by atoms with van der Waals surface area (Å²) in [5.41, 5.74) is 6.20. The number of hydrogen-bond donors (Lipinski definition) is 2. The smallest absolute Gasteiger partial charge is 0.407 e. The van der Waals surface area contributed by atoms with Gasteiger partial charge in [0.1, 0.15) is 0 Å². The normalized spacial score (nSPS) is 27.8. The maximum atomic E-state index is 10.7. The molecule has 2 fully saturated rings. The number of carboxylic acid groups (broad SMARTS) is 1. The summed E-state index contributed by atoms with van der Waals surface area (Å²) in [4.78, 5) is 11.9. The van der Waals surface area contributed by atoms with Gasteiger partial charge in [-0.15, -0.1) is 0 Å². The summed E-state index contributed by atoms with van der Waals surface area (Å²) in [6, 6.07) is -0.0852. The van der Waals surface area contributed by atoms with Gasteiger partial charge in [-0.05, 0) is 38.0 Å². The van der Waals surface area contributed by atoms with Gasteiger partial charge in [0.05, 0.1) is 12.2 Å². The lowest BCUT2D eigenvalue weighted by molar-refractivity contribution is -0.0377. The SMILES string of the molecule is CN(C[C@@H](N)C[C@H]1CCC2(CC2)OC1)C(=O)O. The monoisotopic (exact) mass is 242 g/mol. The van der Waals surface area contributed by atoms with Gasteiger partial charge in [0.25, 0.3) is 0 Å². The van der Waals surface area contributed by atoms with E-state index in [0.29, 0.717) is 12.5 Å². The van der Waals surface area contributed by atoms with E-state index in [0.717, 1.165) is 19.4 Å². The first kappa shape index (κ1) is 12.6. The van der Waals surface area contributed by atoms with Crippen molar-refractivity contribution in [2.24, 2.45) is 11.7 Å². The Morgan fingerprint density at radius 2 is 2.29 bits per heavy atom. The highest BCUT2D eigenvalue weighted by atomic mass is 16.5. The number of ether oxygens (including phenoxy) is 1. The van der Waals surface area contributed by atoms with Gasteiger partial charge in [-0.2, -0.15) is 0 Å². The van der Waals surface area contributed by atoms with E-state index in [-0.39, 0.29) is 11.6 Å². The van der Waals surface area contributed by atoms with Crippen LogP contribution in [0.5, 0.6) is 0 Å². The third-order valence-electron chi connectivity index (χ3n) is 3.91. The molecule has 0 aromatic heterocycles. The third-order valence-corrected chi connectivity index (χ3v) is 3.91. The highest BCUT2D eigenvalue weighted by Crippen LogP contribution is 2.47. The number of nitrogens with zero attached hydrogens (tertiary/aromatic N) is 1. The largest absolute Gasteiger partial charge is 0.465 e. The molecule has 1 aliphatic heterocycles. The molecule has 5 heteroatoms. The number of hydrogen-bond acceptors (Lipinski definition) is 3. The summed E-state index contributed by atoms with van der Waals surface area (Å²) in [6.45, 7) is 1.20. The van der Waals surface area contributed by atoms with Gasteiger partial charge in [0.15, 0.2) is 0 Å². The molecule has 2 atom stereocenters. The Morgan fingerprint density at radius 1 is 1.59 bits per heavy atom. The Bertz CT molecular complexity index is 281. The van der Waals surface area contributed by atoms with E-state index in [1.165, 1.54) is 24.2 Å². The fourth-order valence-electron chi connectivity index (χ4n) is 2.57. The molecule has 1 heterocycles. The molecule has 0 unspecified atom stereocenters. The van der Waals surface area contributed by atoms with Crippen molar-refractivity contribution in [2.45, 2.75) is 43.7 Å². The molecule has 1 saturated heterocycles. The van der Waals surface area contributed by atoms with Crippen molar-refractivity contribution in [3.8, 4) is 0 Å². The van der Waals surface area contributed by atoms with Gasteiger partial charge in [0.2, 0.25) is 0 Å². The highest BCUT2D eigenvalue weighted by Gasteiger charge is 2.46. The third kappa shape index (κ3) is 3.33. The summed E-state index contributed by atoms with van der Waals surface area (Å²) in [5.74, 6) is 0.499. The van der Waals surface area contributed by atoms with Crippen molar-refractivity contribution >= 4 is 6.09 Å². The molecule has 1 aliphatic carbocycles.